The van der Waals surface area contributed by atoms with Crippen molar-refractivity contribution in [3.8, 4) is 11.5 Å². The molecule has 3 aliphatic rings. The number of Topliss-reactive ketones (excluding diaryl/α,β-unsaturated/α-hetero) is 1. The number of aliphatic hydroxyl groups excluding tert-OH is 1. The van der Waals surface area contributed by atoms with Gasteiger partial charge in [0.1, 0.15) is 17.1 Å². The molecule has 6 N–H and O–H groups in total. The van der Waals surface area contributed by atoms with Gasteiger partial charge in [-0.3, -0.25) is 14.4 Å². The van der Waals surface area contributed by atoms with E-state index in [0.717, 1.165) is 6.42 Å². The van der Waals surface area contributed by atoms with Crippen molar-refractivity contribution >= 4 is 17.3 Å². The second-order valence-corrected chi connectivity index (χ2v) is 10.8. The summed E-state index contributed by atoms with van der Waals surface area (Å²) < 4.78 is 11.9. The van der Waals surface area contributed by atoms with Crippen LogP contribution >= 0.6 is 0 Å². The van der Waals surface area contributed by atoms with Crippen molar-refractivity contribution in [1.29, 1.82) is 0 Å². The maximum absolute atomic E-state index is 13.4. The Kier molecular flexibility index (Phi) is 7.11. The number of fused-ring (bicyclic) bond motifs is 3. The zero-order chi connectivity index (χ0) is 28.2. The number of carbonyl (C=O) groups is 3. The van der Waals surface area contributed by atoms with Gasteiger partial charge in [-0.15, -0.1) is 0 Å². The minimum atomic E-state index is -1.97. The molecule has 1 saturated heterocycles. The molecule has 1 heterocycles. The number of phenolic OH excluding ortho intramolecular Hbond substituents is 2. The molecule has 0 radical (unpaired) electrons. The number of rotatable bonds is 6. The number of benzene rings is 2. The van der Waals surface area contributed by atoms with Crippen molar-refractivity contribution in [2.24, 2.45) is 5.73 Å². The van der Waals surface area contributed by atoms with E-state index in [1.165, 1.54) is 12.1 Å². The van der Waals surface area contributed by atoms with Crippen LogP contribution in [0.5, 0.6) is 11.5 Å². The minimum absolute atomic E-state index is 0.00990. The molecular formula is C29H33NO9. The molecule has 10 nitrogen and oxygen atoms in total. The Hall–Kier alpha value is -3.15. The first-order valence-electron chi connectivity index (χ1n) is 13.3. The van der Waals surface area contributed by atoms with E-state index in [-0.39, 0.29) is 59.1 Å². The van der Waals surface area contributed by atoms with E-state index in [0.29, 0.717) is 6.42 Å². The van der Waals surface area contributed by atoms with Crippen LogP contribution in [0.25, 0.3) is 0 Å². The van der Waals surface area contributed by atoms with Gasteiger partial charge in [0, 0.05) is 54.0 Å². The smallest absolute Gasteiger partial charge is 0.198 e. The van der Waals surface area contributed by atoms with Gasteiger partial charge < -0.3 is 35.6 Å². The molecule has 10 heteroatoms. The third-order valence-corrected chi connectivity index (χ3v) is 8.12. The van der Waals surface area contributed by atoms with Crippen LogP contribution in [0.1, 0.15) is 95.0 Å². The lowest BCUT2D eigenvalue weighted by molar-refractivity contribution is -0.247. The van der Waals surface area contributed by atoms with Gasteiger partial charge in [0.25, 0.3) is 0 Å². The van der Waals surface area contributed by atoms with E-state index >= 15 is 0 Å². The number of ketones is 3. The largest absolute Gasteiger partial charge is 0.507 e. The van der Waals surface area contributed by atoms with Gasteiger partial charge in [0.15, 0.2) is 23.6 Å². The van der Waals surface area contributed by atoms with Gasteiger partial charge in [-0.05, 0) is 13.3 Å². The van der Waals surface area contributed by atoms with Crippen molar-refractivity contribution < 1.29 is 44.3 Å². The minimum Gasteiger partial charge on any atom is -0.507 e. The Morgan fingerprint density at radius 2 is 1.74 bits per heavy atom. The first-order valence-corrected chi connectivity index (χ1v) is 13.3. The summed E-state index contributed by atoms with van der Waals surface area (Å²) in [5, 5.41) is 44.6. The quantitative estimate of drug-likeness (QED) is 0.292. The summed E-state index contributed by atoms with van der Waals surface area (Å²) in [6.45, 7) is 3.54. The Morgan fingerprint density at radius 1 is 1.13 bits per heavy atom. The average molecular weight is 540 g/mol. The maximum Gasteiger partial charge on any atom is 0.198 e. The van der Waals surface area contributed by atoms with E-state index in [4.69, 9.17) is 15.2 Å². The Bertz CT molecular complexity index is 1340. The molecule has 1 fully saturated rings. The van der Waals surface area contributed by atoms with Crippen LogP contribution in [0.2, 0.25) is 0 Å². The number of nitrogens with two attached hydrogens (primary N) is 1. The highest BCUT2D eigenvalue weighted by atomic mass is 16.7. The number of ether oxygens (including phenoxy) is 2. The van der Waals surface area contributed by atoms with Crippen LogP contribution in [0.3, 0.4) is 0 Å². The fraction of sp³-hybridized carbons (Fsp3) is 0.483. The molecule has 0 saturated carbocycles. The Balaban J connectivity index is 1.64. The second kappa shape index (κ2) is 10.1. The fourth-order valence-corrected chi connectivity index (χ4v) is 5.94. The van der Waals surface area contributed by atoms with Gasteiger partial charge in [-0.1, -0.05) is 37.6 Å². The molecular weight excluding hydrogens is 506 g/mol. The van der Waals surface area contributed by atoms with Crippen molar-refractivity contribution in [2.45, 2.75) is 88.6 Å². The third kappa shape index (κ3) is 4.46. The summed E-state index contributed by atoms with van der Waals surface area (Å²) in [6, 6.07) is 5.44. The van der Waals surface area contributed by atoms with Gasteiger partial charge in [-0.2, -0.15) is 0 Å². The molecule has 2 aliphatic carbocycles. The fourth-order valence-electron chi connectivity index (χ4n) is 5.94. The van der Waals surface area contributed by atoms with Crippen LogP contribution in [-0.2, 0) is 20.7 Å². The van der Waals surface area contributed by atoms with Crippen LogP contribution in [-0.4, -0.2) is 67.9 Å². The Morgan fingerprint density at radius 3 is 2.33 bits per heavy atom. The molecule has 208 valence electrons. The normalized spacial score (nSPS) is 29.9. The van der Waals surface area contributed by atoms with Crippen molar-refractivity contribution in [3.63, 3.8) is 0 Å². The number of aromatic hydroxyl groups is 2. The molecule has 2 aromatic rings. The van der Waals surface area contributed by atoms with E-state index in [2.05, 4.69) is 0 Å². The van der Waals surface area contributed by atoms with Crippen LogP contribution in [0.4, 0.5) is 0 Å². The zero-order valence-corrected chi connectivity index (χ0v) is 21.8. The molecule has 0 bridgehead atoms. The molecule has 0 aromatic heterocycles. The number of aliphatic hydroxyl groups is 2. The predicted octanol–water partition coefficient (Wildman–Crippen LogP) is 2.19. The monoisotopic (exact) mass is 539 g/mol. The lowest BCUT2D eigenvalue weighted by Gasteiger charge is -2.42. The summed E-state index contributed by atoms with van der Waals surface area (Å²) in [5.74, 6) is -2.87. The summed E-state index contributed by atoms with van der Waals surface area (Å²) in [5.41, 5.74) is 3.51. The van der Waals surface area contributed by atoms with E-state index in [9.17, 15) is 34.8 Å². The molecule has 1 aliphatic heterocycles. The third-order valence-electron chi connectivity index (χ3n) is 8.12. The highest BCUT2D eigenvalue weighted by molar-refractivity contribution is 6.30. The summed E-state index contributed by atoms with van der Waals surface area (Å²) in [6.07, 6.45) is -2.98. The van der Waals surface area contributed by atoms with Crippen LogP contribution in [0, 0.1) is 0 Å². The topological polar surface area (TPSA) is 177 Å². The molecule has 0 spiro atoms. The number of hydrogen-bond donors (Lipinski definition) is 5. The summed E-state index contributed by atoms with van der Waals surface area (Å²) in [7, 11) is 0. The first-order chi connectivity index (χ1) is 18.5. The lowest BCUT2D eigenvalue weighted by atomic mass is 9.71. The Labute approximate surface area is 225 Å². The predicted molar refractivity (Wildman–Crippen MR) is 138 cm³/mol. The van der Waals surface area contributed by atoms with Gasteiger partial charge in [0.05, 0.1) is 29.4 Å². The SMILES string of the molecule is CCCCC(=O)C1(O)Cc2c(O)c3c(c(O)c2C(OC2CC(N)C(O)C(C)O2)C1)C(=O)c1ccccc1C3=O. The van der Waals surface area contributed by atoms with Crippen molar-refractivity contribution in [3.05, 3.63) is 57.6 Å². The second-order valence-electron chi connectivity index (χ2n) is 10.8. The van der Waals surface area contributed by atoms with Crippen LogP contribution < -0.4 is 5.73 Å². The number of carbonyl (C=O) groups excluding carboxylic acids is 3. The van der Waals surface area contributed by atoms with E-state index in [1.54, 1.807) is 19.1 Å². The summed E-state index contributed by atoms with van der Waals surface area (Å²) in [4.78, 5) is 40.0. The maximum atomic E-state index is 13.4. The molecule has 39 heavy (non-hydrogen) atoms. The van der Waals surface area contributed by atoms with Gasteiger partial charge in [-0.25, -0.2) is 0 Å². The lowest BCUT2D eigenvalue weighted by Crippen LogP contribution is -2.52. The highest BCUT2D eigenvalue weighted by Gasteiger charge is 2.49. The van der Waals surface area contributed by atoms with Gasteiger partial charge >= 0.3 is 0 Å². The van der Waals surface area contributed by atoms with Crippen molar-refractivity contribution in [2.75, 3.05) is 0 Å². The van der Waals surface area contributed by atoms with E-state index in [1.807, 2.05) is 6.92 Å². The highest BCUT2D eigenvalue weighted by Crippen LogP contribution is 2.52. The van der Waals surface area contributed by atoms with Crippen molar-refractivity contribution in [1.82, 2.24) is 0 Å². The number of unbranched alkanes of at least 4 members (excludes halogenated alkanes) is 1. The number of hydrogen-bond acceptors (Lipinski definition) is 10. The molecule has 6 atom stereocenters. The van der Waals surface area contributed by atoms with Gasteiger partial charge in [0.2, 0.25) is 0 Å². The first kappa shape index (κ1) is 27.4. The van der Waals surface area contributed by atoms with Crippen LogP contribution in [0.15, 0.2) is 24.3 Å². The number of phenols is 2. The molecule has 0 amide bonds. The summed E-state index contributed by atoms with van der Waals surface area (Å²) >= 11 is 0. The molecule has 2 aromatic carbocycles. The standard InChI is InChI=1S/C29H33NO9/c1-3-4-9-19(31)29(37)11-16-21(18(12-29)39-20-10-17(30)24(32)13(2)38-20)28(36)23-22(27(16)35)25(33)14-7-5-6-8-15(14)26(23)34/h5-8,13,17-18,20,24,32,35-37H,3-4,9-12,30H2,1-2H3. The molecule has 6 unspecified atom stereocenters. The van der Waals surface area contributed by atoms with E-state index < -0.39 is 65.1 Å². The average Bonchev–Trinajstić information content (AvgIpc) is 2.90. The molecule has 5 rings (SSSR count). The zero-order valence-electron chi connectivity index (χ0n) is 21.8.